The van der Waals surface area contributed by atoms with Gasteiger partial charge in [0.25, 0.3) is 0 Å². The summed E-state index contributed by atoms with van der Waals surface area (Å²) in [7, 11) is -3.34. The average Bonchev–Trinajstić information content (AvgIpc) is 2.93. The number of carbonyl (C=O) groups excluding carboxylic acids is 3. The number of ether oxygens (including phenoxy) is 4. The van der Waals surface area contributed by atoms with E-state index in [1.165, 1.54) is 13.8 Å². The molecule has 4 rings (SSSR count). The molecule has 9 heteroatoms. The van der Waals surface area contributed by atoms with Gasteiger partial charge in [-0.15, -0.1) is 0 Å². The van der Waals surface area contributed by atoms with Gasteiger partial charge in [-0.1, -0.05) is 54.6 Å². The maximum absolute atomic E-state index is 14.9. The van der Waals surface area contributed by atoms with Crippen molar-refractivity contribution in [3.05, 3.63) is 103 Å². The third kappa shape index (κ3) is 7.39. The van der Waals surface area contributed by atoms with E-state index in [0.717, 1.165) is 15.9 Å². The van der Waals surface area contributed by atoms with E-state index in [-0.39, 0.29) is 0 Å². The van der Waals surface area contributed by atoms with Gasteiger partial charge in [-0.05, 0) is 91.8 Å². The van der Waals surface area contributed by atoms with Gasteiger partial charge in [0.15, 0.2) is 11.4 Å². The summed E-state index contributed by atoms with van der Waals surface area (Å²) in [5, 5.41) is 16.0. The fraction of sp³-hybridized carbons (Fsp3) is 0.361. The standard InChI is InChI=1S/C36H41O8P/c1-34(2,3)41-30(37)27(28-31(38)43-36(7,8)44-32(28)39)29(33(40)42-35(4,5)6)45(24-18-12-9-13-19-24,25-20-14-10-15-21-25)26-22-16-11-17-23-26/h9-23,27,29H,1-8H3. The zero-order valence-corrected chi connectivity index (χ0v) is 27.9. The molecule has 45 heavy (non-hydrogen) atoms. The van der Waals surface area contributed by atoms with Crippen molar-refractivity contribution in [1.29, 1.82) is 0 Å². The third-order valence-corrected chi connectivity index (χ3v) is 11.6. The van der Waals surface area contributed by atoms with Crippen molar-refractivity contribution in [1.82, 2.24) is 0 Å². The van der Waals surface area contributed by atoms with Crippen LogP contribution < -0.4 is 21.0 Å². The normalized spacial score (nSPS) is 16.6. The van der Waals surface area contributed by atoms with Gasteiger partial charge < -0.3 is 24.1 Å². The molecule has 0 spiro atoms. The van der Waals surface area contributed by atoms with Gasteiger partial charge in [0.2, 0.25) is 0 Å². The molecule has 0 N–H and O–H groups in total. The molecule has 0 bridgehead atoms. The van der Waals surface area contributed by atoms with Crippen LogP contribution in [0.3, 0.4) is 0 Å². The van der Waals surface area contributed by atoms with Crippen molar-refractivity contribution in [2.24, 2.45) is 5.92 Å². The molecule has 2 unspecified atom stereocenters. The Labute approximate surface area is 265 Å². The first-order valence-corrected chi connectivity index (χ1v) is 16.7. The number of hydrogen-bond donors (Lipinski definition) is 0. The van der Waals surface area contributed by atoms with Crippen LogP contribution in [0.5, 0.6) is 0 Å². The van der Waals surface area contributed by atoms with Gasteiger partial charge in [-0.3, -0.25) is 4.79 Å². The van der Waals surface area contributed by atoms with Crippen molar-refractivity contribution in [3.63, 3.8) is 0 Å². The fourth-order valence-corrected chi connectivity index (χ4v) is 10.4. The quantitative estimate of drug-likeness (QED) is 0.202. The fourth-order valence-electron chi connectivity index (χ4n) is 5.48. The first kappa shape index (κ1) is 33.7. The summed E-state index contributed by atoms with van der Waals surface area (Å²) in [6.45, 7) is 13.0. The lowest BCUT2D eigenvalue weighted by molar-refractivity contribution is -0.394. The number of esters is 3. The SMILES string of the molecule is CC(C)(C)OC(=O)C(C1=C([O-])OC(C)(C)OC1=O)C(C(=O)OC(C)(C)C)[P+](c1ccccc1)(c1ccccc1)c1ccccc1. The summed E-state index contributed by atoms with van der Waals surface area (Å²) in [5.41, 5.74) is -4.10. The van der Waals surface area contributed by atoms with Gasteiger partial charge in [0.1, 0.15) is 40.3 Å². The van der Waals surface area contributed by atoms with E-state index in [1.807, 2.05) is 91.0 Å². The van der Waals surface area contributed by atoms with Gasteiger partial charge >= 0.3 is 17.9 Å². The lowest BCUT2D eigenvalue weighted by Gasteiger charge is -2.43. The lowest BCUT2D eigenvalue weighted by atomic mass is 9.94. The summed E-state index contributed by atoms with van der Waals surface area (Å²) >= 11 is 0. The Morgan fingerprint density at radius 2 is 1.07 bits per heavy atom. The second kappa shape index (κ2) is 12.7. The lowest BCUT2D eigenvalue weighted by Crippen LogP contribution is -2.54. The minimum atomic E-state index is -3.34. The maximum Gasteiger partial charge on any atom is 0.350 e. The average molecular weight is 633 g/mol. The number of hydrogen-bond acceptors (Lipinski definition) is 8. The number of benzene rings is 3. The molecule has 0 fully saturated rings. The highest BCUT2D eigenvalue weighted by Gasteiger charge is 2.64. The van der Waals surface area contributed by atoms with Crippen molar-refractivity contribution >= 4 is 41.1 Å². The Balaban J connectivity index is 2.22. The van der Waals surface area contributed by atoms with Crippen LogP contribution in [-0.4, -0.2) is 40.6 Å². The summed E-state index contributed by atoms with van der Waals surface area (Å²) < 4.78 is 23.0. The molecule has 1 aliphatic rings. The predicted molar refractivity (Wildman–Crippen MR) is 172 cm³/mol. The van der Waals surface area contributed by atoms with Crippen molar-refractivity contribution in [3.8, 4) is 0 Å². The Morgan fingerprint density at radius 1 is 0.689 bits per heavy atom. The summed E-state index contributed by atoms with van der Waals surface area (Å²) in [5.74, 6) is -7.19. The Bertz CT molecular complexity index is 1450. The zero-order chi connectivity index (χ0) is 33.2. The topological polar surface area (TPSA) is 111 Å². The molecule has 2 atom stereocenters. The molecule has 0 amide bonds. The highest BCUT2D eigenvalue weighted by Crippen LogP contribution is 2.63. The van der Waals surface area contributed by atoms with Gasteiger partial charge in [-0.2, -0.15) is 0 Å². The van der Waals surface area contributed by atoms with E-state index >= 15 is 0 Å². The highest BCUT2D eigenvalue weighted by atomic mass is 31.2. The Morgan fingerprint density at radius 3 is 1.42 bits per heavy atom. The summed E-state index contributed by atoms with van der Waals surface area (Å²) in [4.78, 5) is 43.2. The van der Waals surface area contributed by atoms with Crippen LogP contribution in [-0.2, 0) is 33.3 Å². The van der Waals surface area contributed by atoms with E-state index in [4.69, 9.17) is 18.9 Å². The van der Waals surface area contributed by atoms with Crippen LogP contribution in [0.15, 0.2) is 103 Å². The molecule has 0 aliphatic carbocycles. The van der Waals surface area contributed by atoms with Crippen molar-refractivity contribution < 1.29 is 38.4 Å². The van der Waals surface area contributed by atoms with Crippen molar-refractivity contribution in [2.45, 2.75) is 78.0 Å². The van der Waals surface area contributed by atoms with E-state index in [0.29, 0.717) is 0 Å². The van der Waals surface area contributed by atoms with E-state index in [2.05, 4.69) is 0 Å². The second-order valence-corrected chi connectivity index (χ2v) is 16.9. The number of carbonyl (C=O) groups is 3. The molecule has 238 valence electrons. The molecular formula is C36H41O8P. The van der Waals surface area contributed by atoms with Crippen molar-refractivity contribution in [2.75, 3.05) is 0 Å². The van der Waals surface area contributed by atoms with Crippen LogP contribution in [0, 0.1) is 5.92 Å². The zero-order valence-electron chi connectivity index (χ0n) is 27.0. The molecule has 0 saturated heterocycles. The molecule has 8 nitrogen and oxygen atoms in total. The van der Waals surface area contributed by atoms with Gasteiger partial charge in [0, 0.05) is 0 Å². The molecular weight excluding hydrogens is 591 g/mol. The van der Waals surface area contributed by atoms with Crippen LogP contribution in [0.25, 0.3) is 0 Å². The smallest absolute Gasteiger partial charge is 0.350 e. The number of cyclic esters (lactones) is 1. The molecule has 0 saturated carbocycles. The molecule has 3 aromatic carbocycles. The first-order chi connectivity index (χ1) is 21.0. The Hall–Kier alpha value is -4.16. The van der Waals surface area contributed by atoms with Gasteiger partial charge in [0.05, 0.1) is 11.5 Å². The monoisotopic (exact) mass is 632 g/mol. The molecule has 3 aromatic rings. The van der Waals surface area contributed by atoms with Crippen LogP contribution in [0.1, 0.15) is 55.4 Å². The minimum absolute atomic E-state index is 0.619. The highest BCUT2D eigenvalue weighted by molar-refractivity contribution is 7.97. The van der Waals surface area contributed by atoms with Crippen LogP contribution >= 0.6 is 7.26 Å². The first-order valence-electron chi connectivity index (χ1n) is 14.8. The second-order valence-electron chi connectivity index (χ2n) is 13.3. The number of rotatable bonds is 8. The van der Waals surface area contributed by atoms with Gasteiger partial charge in [-0.25, -0.2) is 9.59 Å². The summed E-state index contributed by atoms with van der Waals surface area (Å²) in [6, 6.07) is 28.0. The van der Waals surface area contributed by atoms with E-state index in [1.54, 1.807) is 41.5 Å². The molecule has 1 heterocycles. The van der Waals surface area contributed by atoms with E-state index < -0.39 is 65.3 Å². The minimum Gasteiger partial charge on any atom is -0.575 e. The maximum atomic E-state index is 14.9. The Kier molecular flexibility index (Phi) is 9.51. The van der Waals surface area contributed by atoms with Crippen LogP contribution in [0.4, 0.5) is 0 Å². The largest absolute Gasteiger partial charge is 0.575 e. The predicted octanol–water partition coefficient (Wildman–Crippen LogP) is 4.53. The summed E-state index contributed by atoms with van der Waals surface area (Å²) in [6.07, 6.45) is 0. The molecule has 0 aromatic heterocycles. The van der Waals surface area contributed by atoms with Crippen LogP contribution in [0.2, 0.25) is 0 Å². The molecule has 1 aliphatic heterocycles. The molecule has 0 radical (unpaired) electrons. The third-order valence-electron chi connectivity index (χ3n) is 6.96. The van der Waals surface area contributed by atoms with E-state index in [9.17, 15) is 19.5 Å².